The molecule has 3 heterocycles. The summed E-state index contributed by atoms with van der Waals surface area (Å²) >= 11 is 0. The maximum Gasteiger partial charge on any atom is 0.411 e. The van der Waals surface area contributed by atoms with E-state index in [1.54, 1.807) is 36.4 Å². The number of nitrogens with one attached hydrogen (secondary N) is 2. The molecule has 4 amide bonds. The number of sulfonamides is 1. The molecule has 1 saturated heterocycles. The van der Waals surface area contributed by atoms with E-state index in [1.165, 1.54) is 14.0 Å². The number of hydrogen-bond donors (Lipinski definition) is 3. The van der Waals surface area contributed by atoms with E-state index in [0.29, 0.717) is 44.9 Å². The summed E-state index contributed by atoms with van der Waals surface area (Å²) in [4.78, 5) is 70.7. The molecule has 6 rings (SSSR count). The number of carboxylic acid groups (broad SMARTS) is 1. The molecule has 7 atom stereocenters. The number of amides is 4. The van der Waals surface area contributed by atoms with Crippen molar-refractivity contribution >= 4 is 44.6 Å². The molecule has 16 nitrogen and oxygen atoms in total. The number of carbonyl (C=O) groups is 4. The second-order valence-corrected chi connectivity index (χ2v) is 18.7. The van der Waals surface area contributed by atoms with Crippen molar-refractivity contribution in [3.8, 4) is 5.88 Å². The first-order valence-electron chi connectivity index (χ1n) is 19.7. The normalized spacial score (nSPS) is 28.2. The van der Waals surface area contributed by atoms with Crippen molar-refractivity contribution in [2.75, 3.05) is 20.3 Å². The number of rotatable bonds is 10. The second-order valence-electron chi connectivity index (χ2n) is 16.8. The van der Waals surface area contributed by atoms with Crippen molar-refractivity contribution < 1.29 is 55.3 Å². The molecule has 0 radical (unpaired) electrons. The Kier molecular flexibility index (Phi) is 12.2. The molecular formula is C39H51F3N6O10S. The lowest BCUT2D eigenvalue weighted by Gasteiger charge is -2.45. The molecule has 2 aromatic rings. The third kappa shape index (κ3) is 8.79. The number of benzene rings is 1. The van der Waals surface area contributed by atoms with E-state index >= 15 is 4.79 Å². The quantitative estimate of drug-likeness (QED) is 0.295. The van der Waals surface area contributed by atoms with Crippen LogP contribution in [0.15, 0.2) is 41.2 Å². The summed E-state index contributed by atoms with van der Waals surface area (Å²) in [5.74, 6) is -4.84. The average Bonchev–Trinajstić information content (AvgIpc) is 4.08. The number of aromatic nitrogens is 2. The standard InChI is InChI=1S/C39H51F3N6O10S/c1-22-10-6-7-11-24-20-38(24,35(52)45-59(55,56)26-14-15-26)43-31(49)29-19-25(58-32-27-12-8-9-13-28(27)33(50)47(44-32)16-17-57-5)21-46(29)34(51)30(23(2)18-22)48(36(53)54)37(3,4)39(40,41)42/h7-9,11-13,22-26,29-30H,6,10,14-21H2,1-5H3,(H,43,49)(H,45,52)(H,53,54)/t22-,23-,24-,25-,29+,30+,38-/m1/s1. The van der Waals surface area contributed by atoms with Crippen LogP contribution in [-0.4, -0.2) is 118 Å². The van der Waals surface area contributed by atoms with Crippen LogP contribution in [0.1, 0.15) is 72.6 Å². The summed E-state index contributed by atoms with van der Waals surface area (Å²) in [6, 6.07) is 2.98. The van der Waals surface area contributed by atoms with Crippen molar-refractivity contribution in [3.05, 3.63) is 46.8 Å². The second kappa shape index (κ2) is 16.4. The number of fused-ring (bicyclic) bond motifs is 3. The van der Waals surface area contributed by atoms with Crippen LogP contribution in [0.4, 0.5) is 18.0 Å². The summed E-state index contributed by atoms with van der Waals surface area (Å²) in [6.45, 7) is 4.42. The first-order valence-corrected chi connectivity index (χ1v) is 21.3. The van der Waals surface area contributed by atoms with E-state index in [0.717, 1.165) is 9.58 Å². The summed E-state index contributed by atoms with van der Waals surface area (Å²) < 4.78 is 84.7. The van der Waals surface area contributed by atoms with Gasteiger partial charge in [0.25, 0.3) is 11.5 Å². The summed E-state index contributed by atoms with van der Waals surface area (Å²) in [7, 11) is -2.60. The van der Waals surface area contributed by atoms with Gasteiger partial charge in [0.05, 0.1) is 35.7 Å². The highest BCUT2D eigenvalue weighted by Crippen LogP contribution is 2.47. The SMILES string of the molecule is COCCn1nc(O[C@@H]2C[C@H]3C(=O)N[C@]4(C(=O)NS(=O)(=O)C5CC5)C[C@H]4C=CCC[C@@H](C)C[C@@H](C)[C@H](N(C(=O)O)C(C)(C)C(F)(F)F)C(=O)N3C2)c2ccccc2c1=O. The molecule has 59 heavy (non-hydrogen) atoms. The number of ether oxygens (including phenoxy) is 2. The largest absolute Gasteiger partial charge is 0.471 e. The molecule has 0 unspecified atom stereocenters. The number of methoxy groups -OCH3 is 1. The van der Waals surface area contributed by atoms with E-state index < -0.39 is 98.5 Å². The zero-order valence-corrected chi connectivity index (χ0v) is 34.3. The van der Waals surface area contributed by atoms with Crippen molar-refractivity contribution in [1.82, 2.24) is 29.6 Å². The van der Waals surface area contributed by atoms with Gasteiger partial charge >= 0.3 is 12.3 Å². The van der Waals surface area contributed by atoms with Gasteiger partial charge in [0.15, 0.2) is 0 Å². The van der Waals surface area contributed by atoms with Gasteiger partial charge < -0.3 is 24.8 Å². The smallest absolute Gasteiger partial charge is 0.411 e. The van der Waals surface area contributed by atoms with Crippen LogP contribution >= 0.6 is 0 Å². The first kappa shape index (κ1) is 43.8. The molecule has 2 aliphatic carbocycles. The fourth-order valence-electron chi connectivity index (χ4n) is 8.26. The molecule has 0 spiro atoms. The van der Waals surface area contributed by atoms with Crippen LogP contribution in [0, 0.1) is 17.8 Å². The van der Waals surface area contributed by atoms with Gasteiger partial charge in [-0.1, -0.05) is 38.1 Å². The van der Waals surface area contributed by atoms with Crippen LogP contribution < -0.4 is 20.3 Å². The lowest BCUT2D eigenvalue weighted by atomic mass is 9.85. The summed E-state index contributed by atoms with van der Waals surface area (Å²) in [6.07, 6.45) is -3.14. The molecule has 1 aromatic carbocycles. The molecule has 1 aromatic heterocycles. The van der Waals surface area contributed by atoms with E-state index in [1.807, 2.05) is 6.92 Å². The topological polar surface area (TPSA) is 207 Å². The van der Waals surface area contributed by atoms with Gasteiger partial charge in [-0.05, 0) is 76.3 Å². The Morgan fingerprint density at radius 1 is 1.08 bits per heavy atom. The maximum absolute atomic E-state index is 15.0. The Hall–Kier alpha value is -4.72. The molecule has 324 valence electrons. The monoisotopic (exact) mass is 852 g/mol. The van der Waals surface area contributed by atoms with Crippen LogP contribution in [-0.2, 0) is 35.7 Å². The lowest BCUT2D eigenvalue weighted by Crippen LogP contribution is -2.66. The minimum absolute atomic E-state index is 0.0303. The molecular weight excluding hydrogens is 802 g/mol. The Morgan fingerprint density at radius 2 is 1.76 bits per heavy atom. The fourth-order valence-corrected chi connectivity index (χ4v) is 9.63. The van der Waals surface area contributed by atoms with Crippen molar-refractivity contribution in [1.29, 1.82) is 0 Å². The number of hydrogen-bond acceptors (Lipinski definition) is 10. The van der Waals surface area contributed by atoms with E-state index in [4.69, 9.17) is 9.47 Å². The number of halogens is 3. The molecule has 0 bridgehead atoms. The van der Waals surface area contributed by atoms with Gasteiger partial charge in [-0.2, -0.15) is 13.2 Å². The Labute approximate surface area is 339 Å². The van der Waals surface area contributed by atoms with Gasteiger partial charge in [-0.15, -0.1) is 5.10 Å². The molecule has 2 aliphatic heterocycles. The first-order chi connectivity index (χ1) is 27.6. The van der Waals surface area contributed by atoms with Crippen LogP contribution in [0.2, 0.25) is 0 Å². The summed E-state index contributed by atoms with van der Waals surface area (Å²) in [5, 5.41) is 17.4. The van der Waals surface area contributed by atoms with E-state index in [2.05, 4.69) is 15.1 Å². The fraction of sp³-hybridized carbons (Fsp3) is 0.641. The minimum Gasteiger partial charge on any atom is -0.471 e. The zero-order chi connectivity index (χ0) is 43.2. The van der Waals surface area contributed by atoms with Crippen LogP contribution in [0.5, 0.6) is 5.88 Å². The molecule has 3 fully saturated rings. The molecule has 2 saturated carbocycles. The van der Waals surface area contributed by atoms with E-state index in [9.17, 15) is 45.9 Å². The average molecular weight is 853 g/mol. The predicted molar refractivity (Wildman–Crippen MR) is 207 cm³/mol. The van der Waals surface area contributed by atoms with Gasteiger partial charge in [-0.3, -0.25) is 28.8 Å². The zero-order valence-electron chi connectivity index (χ0n) is 33.5. The van der Waals surface area contributed by atoms with Crippen molar-refractivity contribution in [2.45, 2.75) is 120 Å². The minimum atomic E-state index is -5.12. The number of nitrogens with zero attached hydrogens (tertiary/aromatic N) is 4. The Bertz CT molecular complexity index is 2180. The van der Waals surface area contributed by atoms with Crippen LogP contribution in [0.25, 0.3) is 10.8 Å². The lowest BCUT2D eigenvalue weighted by molar-refractivity contribution is -0.222. The molecule has 20 heteroatoms. The maximum atomic E-state index is 15.0. The van der Waals surface area contributed by atoms with Gasteiger partial charge in [0.1, 0.15) is 29.3 Å². The number of allylic oxidation sites excluding steroid dienone is 1. The highest BCUT2D eigenvalue weighted by Gasteiger charge is 2.63. The summed E-state index contributed by atoms with van der Waals surface area (Å²) in [5.41, 5.74) is -5.24. The van der Waals surface area contributed by atoms with Gasteiger partial charge in [0.2, 0.25) is 27.7 Å². The molecule has 4 aliphatic rings. The van der Waals surface area contributed by atoms with Gasteiger partial charge in [-0.25, -0.2) is 17.9 Å². The highest BCUT2D eigenvalue weighted by molar-refractivity contribution is 7.91. The number of alkyl halides is 3. The predicted octanol–water partition coefficient (Wildman–Crippen LogP) is 3.58. The third-order valence-corrected chi connectivity index (χ3v) is 13.8. The number of carbonyl (C=O) groups excluding carboxylic acids is 3. The third-order valence-electron chi connectivity index (χ3n) is 12.0. The van der Waals surface area contributed by atoms with Crippen LogP contribution in [0.3, 0.4) is 0 Å². The molecule has 3 N–H and O–H groups in total. The Balaban J connectivity index is 1.44. The van der Waals surface area contributed by atoms with E-state index in [-0.39, 0.29) is 54.5 Å². The highest BCUT2D eigenvalue weighted by atomic mass is 32.2. The van der Waals surface area contributed by atoms with Crippen molar-refractivity contribution in [3.63, 3.8) is 0 Å². The van der Waals surface area contributed by atoms with Crippen molar-refractivity contribution in [2.24, 2.45) is 17.8 Å². The van der Waals surface area contributed by atoms with Gasteiger partial charge in [0, 0.05) is 19.4 Å². The Morgan fingerprint density at radius 3 is 2.39 bits per heavy atom.